The summed E-state index contributed by atoms with van der Waals surface area (Å²) >= 11 is 3.49. The largest absolute Gasteiger partial charge is 0.508 e. The van der Waals surface area contributed by atoms with Crippen molar-refractivity contribution in [3.05, 3.63) is 93.6 Å². The molecule has 2 aromatic rings. The van der Waals surface area contributed by atoms with Gasteiger partial charge in [-0.1, -0.05) is 30.4 Å². The van der Waals surface area contributed by atoms with Gasteiger partial charge in [0, 0.05) is 11.6 Å². The normalized spacial score (nSPS) is 17.5. The van der Waals surface area contributed by atoms with Crippen LogP contribution in [-0.4, -0.2) is 18.1 Å². The fraction of sp³-hybridized carbons (Fsp3) is 0.125. The van der Waals surface area contributed by atoms with Crippen LogP contribution in [0.3, 0.4) is 0 Å². The molecule has 0 spiro atoms. The average Bonchev–Trinajstić information content (AvgIpc) is 3.05. The van der Waals surface area contributed by atoms with Crippen LogP contribution in [0.1, 0.15) is 18.4 Å². The number of methoxy groups -OCH3 is 1. The third-order valence-corrected chi connectivity index (χ3v) is 5.53. The number of allylic oxidation sites excluding steroid dienone is 4. The van der Waals surface area contributed by atoms with E-state index in [1.165, 1.54) is 0 Å². The van der Waals surface area contributed by atoms with Crippen molar-refractivity contribution >= 4 is 33.6 Å². The molecule has 0 radical (unpaired) electrons. The number of nitrogens with zero attached hydrogens (tertiary/aromatic N) is 1. The van der Waals surface area contributed by atoms with Crippen molar-refractivity contribution in [2.24, 2.45) is 0 Å². The maximum atomic E-state index is 13.3. The number of halogens is 1. The lowest BCUT2D eigenvalue weighted by atomic mass is 10.0. The Morgan fingerprint density at radius 2 is 2.07 bits per heavy atom. The Morgan fingerprint density at radius 1 is 1.21 bits per heavy atom. The van der Waals surface area contributed by atoms with Crippen molar-refractivity contribution < 1.29 is 14.6 Å². The highest BCUT2D eigenvalue weighted by atomic mass is 79.9. The van der Waals surface area contributed by atoms with Crippen LogP contribution < -0.4 is 9.64 Å². The SMILES string of the molecule is COc1ccc(/C=C2\C=C(C3=CC=CCC3)N(c3cccc(O)c3)C2=O)cc1Br. The topological polar surface area (TPSA) is 49.8 Å². The highest BCUT2D eigenvalue weighted by Gasteiger charge is 2.31. The molecule has 146 valence electrons. The number of amides is 1. The first-order valence-corrected chi connectivity index (χ1v) is 10.1. The predicted molar refractivity (Wildman–Crippen MR) is 119 cm³/mol. The molecule has 4 nitrogen and oxygen atoms in total. The van der Waals surface area contributed by atoms with Crippen molar-refractivity contribution in [1.82, 2.24) is 0 Å². The molecule has 0 atom stereocenters. The lowest BCUT2D eigenvalue weighted by molar-refractivity contribution is -0.113. The standard InChI is InChI=1S/C24H20BrNO3/c1-29-23-11-10-16(13-21(23)25)12-18-14-22(17-6-3-2-4-7-17)26(24(18)28)19-8-5-9-20(27)15-19/h2-3,5-6,8-15,27H,4,7H2,1H3/b18-12+. The molecule has 0 unspecified atom stereocenters. The number of phenols is 1. The summed E-state index contributed by atoms with van der Waals surface area (Å²) in [5.41, 5.74) is 4.09. The number of hydrogen-bond donors (Lipinski definition) is 1. The van der Waals surface area contributed by atoms with Gasteiger partial charge in [-0.3, -0.25) is 9.69 Å². The fourth-order valence-electron chi connectivity index (χ4n) is 3.51. The first kappa shape index (κ1) is 19.3. The van der Waals surface area contributed by atoms with Crippen LogP contribution in [-0.2, 0) is 4.79 Å². The van der Waals surface area contributed by atoms with Crippen molar-refractivity contribution in [2.45, 2.75) is 12.8 Å². The van der Waals surface area contributed by atoms with Crippen LogP contribution in [0.2, 0.25) is 0 Å². The number of anilines is 1. The first-order valence-electron chi connectivity index (χ1n) is 9.33. The van der Waals surface area contributed by atoms with Crippen molar-refractivity contribution in [3.8, 4) is 11.5 Å². The van der Waals surface area contributed by atoms with Gasteiger partial charge in [-0.05, 0) is 76.3 Å². The van der Waals surface area contributed by atoms with Crippen LogP contribution in [0.25, 0.3) is 6.08 Å². The molecule has 0 aromatic heterocycles. The molecule has 29 heavy (non-hydrogen) atoms. The molecule has 2 aromatic carbocycles. The molecule has 0 fully saturated rings. The number of aromatic hydroxyl groups is 1. The second kappa shape index (κ2) is 8.13. The number of phenolic OH excluding ortho intramolecular Hbond substituents is 1. The molecule has 4 rings (SSSR count). The van der Waals surface area contributed by atoms with Crippen molar-refractivity contribution in [2.75, 3.05) is 12.0 Å². The van der Waals surface area contributed by atoms with Gasteiger partial charge >= 0.3 is 0 Å². The molecule has 1 aliphatic carbocycles. The Bertz CT molecular complexity index is 1100. The van der Waals surface area contributed by atoms with E-state index < -0.39 is 0 Å². The molecule has 1 aliphatic heterocycles. The van der Waals surface area contributed by atoms with Gasteiger partial charge in [0.05, 0.1) is 23.0 Å². The van der Waals surface area contributed by atoms with Gasteiger partial charge < -0.3 is 9.84 Å². The maximum Gasteiger partial charge on any atom is 0.262 e. The van der Waals surface area contributed by atoms with Crippen LogP contribution in [0.5, 0.6) is 11.5 Å². The number of ether oxygens (including phenoxy) is 1. The number of carbonyl (C=O) groups excluding carboxylic acids is 1. The summed E-state index contributed by atoms with van der Waals surface area (Å²) in [5, 5.41) is 9.92. The molecule has 0 saturated carbocycles. The molecular formula is C24H20BrNO3. The van der Waals surface area contributed by atoms with Crippen LogP contribution >= 0.6 is 15.9 Å². The minimum atomic E-state index is -0.118. The molecule has 5 heteroatoms. The van der Waals surface area contributed by atoms with Crippen LogP contribution in [0, 0.1) is 0 Å². The zero-order valence-electron chi connectivity index (χ0n) is 15.9. The van der Waals surface area contributed by atoms with E-state index >= 15 is 0 Å². The molecular weight excluding hydrogens is 430 g/mol. The summed E-state index contributed by atoms with van der Waals surface area (Å²) in [5.74, 6) is 0.748. The van der Waals surface area contributed by atoms with E-state index in [9.17, 15) is 9.90 Å². The van der Waals surface area contributed by atoms with Gasteiger partial charge in [0.25, 0.3) is 5.91 Å². The molecule has 1 heterocycles. The quantitative estimate of drug-likeness (QED) is 0.604. The van der Waals surface area contributed by atoms with Gasteiger partial charge in [0.15, 0.2) is 0 Å². The Hall–Kier alpha value is -3.05. The summed E-state index contributed by atoms with van der Waals surface area (Å²) < 4.78 is 6.11. The summed E-state index contributed by atoms with van der Waals surface area (Å²) in [6, 6.07) is 12.5. The summed E-state index contributed by atoms with van der Waals surface area (Å²) in [4.78, 5) is 15.0. The minimum Gasteiger partial charge on any atom is -0.508 e. The van der Waals surface area contributed by atoms with Gasteiger partial charge in [-0.2, -0.15) is 0 Å². The molecule has 0 saturated heterocycles. The average molecular weight is 450 g/mol. The Morgan fingerprint density at radius 3 is 2.76 bits per heavy atom. The molecule has 1 N–H and O–H groups in total. The lowest BCUT2D eigenvalue weighted by Crippen LogP contribution is -2.26. The van der Waals surface area contributed by atoms with Gasteiger partial charge in [0.1, 0.15) is 11.5 Å². The second-order valence-electron chi connectivity index (χ2n) is 6.84. The highest BCUT2D eigenvalue weighted by Crippen LogP contribution is 2.37. The Balaban J connectivity index is 1.78. The first-order chi connectivity index (χ1) is 14.1. The third-order valence-electron chi connectivity index (χ3n) is 4.91. The van der Waals surface area contributed by atoms with Crippen LogP contribution in [0.15, 0.2) is 88.1 Å². The van der Waals surface area contributed by atoms with E-state index in [1.807, 2.05) is 48.6 Å². The van der Waals surface area contributed by atoms with Crippen LogP contribution in [0.4, 0.5) is 5.69 Å². The minimum absolute atomic E-state index is 0.118. The molecule has 1 amide bonds. The highest BCUT2D eigenvalue weighted by molar-refractivity contribution is 9.10. The number of rotatable bonds is 4. The smallest absolute Gasteiger partial charge is 0.262 e. The molecule has 0 bridgehead atoms. The summed E-state index contributed by atoms with van der Waals surface area (Å²) in [7, 11) is 1.62. The van der Waals surface area contributed by atoms with E-state index in [2.05, 4.69) is 22.0 Å². The number of carbonyl (C=O) groups is 1. The number of hydrogen-bond acceptors (Lipinski definition) is 3. The van der Waals surface area contributed by atoms with E-state index in [1.54, 1.807) is 30.2 Å². The third kappa shape index (κ3) is 3.91. The second-order valence-corrected chi connectivity index (χ2v) is 7.70. The Labute approximate surface area is 178 Å². The summed E-state index contributed by atoms with van der Waals surface area (Å²) in [6.45, 7) is 0. The number of benzene rings is 2. The van der Waals surface area contributed by atoms with Crippen molar-refractivity contribution in [3.63, 3.8) is 0 Å². The zero-order chi connectivity index (χ0) is 20.4. The lowest BCUT2D eigenvalue weighted by Gasteiger charge is -2.23. The fourth-order valence-corrected chi connectivity index (χ4v) is 4.07. The summed E-state index contributed by atoms with van der Waals surface area (Å²) in [6.07, 6.45) is 11.8. The van der Waals surface area contributed by atoms with Gasteiger partial charge in [-0.25, -0.2) is 0 Å². The van der Waals surface area contributed by atoms with E-state index in [-0.39, 0.29) is 11.7 Å². The predicted octanol–water partition coefficient (Wildman–Crippen LogP) is 5.75. The monoisotopic (exact) mass is 449 g/mol. The van der Waals surface area contributed by atoms with E-state index in [0.717, 1.165) is 39.9 Å². The van der Waals surface area contributed by atoms with Gasteiger partial charge in [-0.15, -0.1) is 0 Å². The van der Waals surface area contributed by atoms with Crippen molar-refractivity contribution in [1.29, 1.82) is 0 Å². The van der Waals surface area contributed by atoms with E-state index in [0.29, 0.717) is 11.3 Å². The Kier molecular flexibility index (Phi) is 5.41. The zero-order valence-corrected chi connectivity index (χ0v) is 17.5. The van der Waals surface area contributed by atoms with Gasteiger partial charge in [0.2, 0.25) is 0 Å². The molecule has 2 aliphatic rings. The maximum absolute atomic E-state index is 13.3. The van der Waals surface area contributed by atoms with E-state index in [4.69, 9.17) is 4.74 Å².